The summed E-state index contributed by atoms with van der Waals surface area (Å²) < 4.78 is 4.93. The van der Waals surface area contributed by atoms with Gasteiger partial charge in [0.05, 0.1) is 7.11 Å². The Morgan fingerprint density at radius 3 is 2.68 bits per heavy atom. The predicted octanol–water partition coefficient (Wildman–Crippen LogP) is 3.42. The molecule has 0 amide bonds. The van der Waals surface area contributed by atoms with Gasteiger partial charge in [0.2, 0.25) is 5.88 Å². The number of nitrogens with zero attached hydrogens (tertiary/aromatic N) is 1. The number of carbonyl (C=O) groups is 1. The van der Waals surface area contributed by atoms with Gasteiger partial charge in [0.15, 0.2) is 0 Å². The Labute approximate surface area is 115 Å². The van der Waals surface area contributed by atoms with Gasteiger partial charge in [-0.15, -0.1) is 0 Å². The molecule has 5 heteroatoms. The Hall–Kier alpha value is -2.07. The summed E-state index contributed by atoms with van der Waals surface area (Å²) in [6.07, 6.45) is 1.58. The lowest BCUT2D eigenvalue weighted by Crippen LogP contribution is -2.03. The maximum absolute atomic E-state index is 11.2. The highest BCUT2D eigenvalue weighted by atomic mass is 35.5. The van der Waals surface area contributed by atoms with E-state index in [0.29, 0.717) is 10.6 Å². The van der Waals surface area contributed by atoms with Crippen LogP contribution in [0.15, 0.2) is 30.5 Å². The van der Waals surface area contributed by atoms with Crippen molar-refractivity contribution in [3.63, 3.8) is 0 Å². The Bertz CT molecular complexity index is 641. The summed E-state index contributed by atoms with van der Waals surface area (Å²) in [5.41, 5.74) is 2.60. The summed E-state index contributed by atoms with van der Waals surface area (Å²) in [6.45, 7) is 1.91. The number of hydrogen-bond donors (Lipinski definition) is 1. The van der Waals surface area contributed by atoms with Gasteiger partial charge in [0, 0.05) is 16.8 Å². The largest absolute Gasteiger partial charge is 0.480 e. The van der Waals surface area contributed by atoms with Crippen LogP contribution in [0, 0.1) is 6.92 Å². The van der Waals surface area contributed by atoms with Gasteiger partial charge < -0.3 is 9.84 Å². The summed E-state index contributed by atoms with van der Waals surface area (Å²) in [5.74, 6) is -0.972. The van der Waals surface area contributed by atoms with Crippen molar-refractivity contribution in [3.05, 3.63) is 46.6 Å². The number of aryl methyl sites for hydroxylation is 1. The van der Waals surface area contributed by atoms with E-state index in [1.54, 1.807) is 18.3 Å². The van der Waals surface area contributed by atoms with E-state index in [4.69, 9.17) is 21.4 Å². The van der Waals surface area contributed by atoms with E-state index in [-0.39, 0.29) is 11.4 Å². The molecule has 0 saturated heterocycles. The summed E-state index contributed by atoms with van der Waals surface area (Å²) in [5, 5.41) is 9.78. The number of pyridine rings is 1. The van der Waals surface area contributed by atoms with Gasteiger partial charge >= 0.3 is 5.97 Å². The van der Waals surface area contributed by atoms with Crippen LogP contribution < -0.4 is 4.74 Å². The molecule has 0 fully saturated rings. The van der Waals surface area contributed by atoms with Crippen LogP contribution in [-0.4, -0.2) is 23.2 Å². The second kappa shape index (κ2) is 5.28. The first kappa shape index (κ1) is 13.4. The number of rotatable bonds is 3. The molecular formula is C14H12ClNO3. The van der Waals surface area contributed by atoms with Crippen molar-refractivity contribution in [2.45, 2.75) is 6.92 Å². The summed E-state index contributed by atoms with van der Waals surface area (Å²) >= 11 is 5.90. The van der Waals surface area contributed by atoms with Gasteiger partial charge in [-0.25, -0.2) is 9.78 Å². The van der Waals surface area contributed by atoms with Crippen molar-refractivity contribution < 1.29 is 14.6 Å². The molecule has 1 aromatic heterocycles. The molecule has 0 bridgehead atoms. The van der Waals surface area contributed by atoms with Crippen molar-refractivity contribution >= 4 is 17.6 Å². The SMILES string of the molecule is COc1ncc(-c2ccc(Cl)cc2C)cc1C(=O)O. The minimum absolute atomic E-state index is 0.0364. The molecule has 0 unspecified atom stereocenters. The van der Waals surface area contributed by atoms with Crippen LogP contribution >= 0.6 is 11.6 Å². The lowest BCUT2D eigenvalue weighted by Gasteiger charge is -2.09. The molecule has 0 spiro atoms. The molecule has 0 atom stereocenters. The average Bonchev–Trinajstić information content (AvgIpc) is 2.38. The maximum Gasteiger partial charge on any atom is 0.341 e. The molecule has 0 aliphatic rings. The molecular weight excluding hydrogens is 266 g/mol. The third-order valence-electron chi connectivity index (χ3n) is 2.77. The van der Waals surface area contributed by atoms with Crippen molar-refractivity contribution in [1.82, 2.24) is 4.98 Å². The highest BCUT2D eigenvalue weighted by molar-refractivity contribution is 6.30. The smallest absolute Gasteiger partial charge is 0.341 e. The molecule has 0 aliphatic carbocycles. The quantitative estimate of drug-likeness (QED) is 0.934. The number of ether oxygens (including phenoxy) is 1. The van der Waals surface area contributed by atoms with E-state index >= 15 is 0 Å². The first-order valence-electron chi connectivity index (χ1n) is 5.56. The van der Waals surface area contributed by atoms with Gasteiger partial charge in [-0.2, -0.15) is 0 Å². The van der Waals surface area contributed by atoms with E-state index in [1.807, 2.05) is 19.1 Å². The molecule has 19 heavy (non-hydrogen) atoms. The van der Waals surface area contributed by atoms with Crippen LogP contribution in [0.1, 0.15) is 15.9 Å². The van der Waals surface area contributed by atoms with E-state index in [1.165, 1.54) is 7.11 Å². The average molecular weight is 278 g/mol. The van der Waals surface area contributed by atoms with Gasteiger partial charge in [0.25, 0.3) is 0 Å². The fourth-order valence-corrected chi connectivity index (χ4v) is 2.09. The number of halogens is 1. The molecule has 98 valence electrons. The van der Waals surface area contributed by atoms with Gasteiger partial charge in [-0.05, 0) is 36.2 Å². The minimum Gasteiger partial charge on any atom is -0.480 e. The topological polar surface area (TPSA) is 59.4 Å². The van der Waals surface area contributed by atoms with Crippen LogP contribution in [0.25, 0.3) is 11.1 Å². The summed E-state index contributed by atoms with van der Waals surface area (Å²) in [7, 11) is 1.39. The zero-order chi connectivity index (χ0) is 14.0. The lowest BCUT2D eigenvalue weighted by molar-refractivity contribution is 0.0692. The molecule has 2 aromatic rings. The van der Waals surface area contributed by atoms with Crippen LogP contribution in [0.2, 0.25) is 5.02 Å². The van der Waals surface area contributed by atoms with Crippen molar-refractivity contribution in [1.29, 1.82) is 0 Å². The first-order valence-corrected chi connectivity index (χ1v) is 5.94. The first-order chi connectivity index (χ1) is 9.02. The van der Waals surface area contributed by atoms with Gasteiger partial charge in [-0.3, -0.25) is 0 Å². The highest BCUT2D eigenvalue weighted by Gasteiger charge is 2.14. The number of carboxylic acids is 1. The predicted molar refractivity (Wildman–Crippen MR) is 72.9 cm³/mol. The third-order valence-corrected chi connectivity index (χ3v) is 3.01. The summed E-state index contributed by atoms with van der Waals surface area (Å²) in [4.78, 5) is 15.2. The fourth-order valence-electron chi connectivity index (χ4n) is 1.87. The zero-order valence-electron chi connectivity index (χ0n) is 10.5. The van der Waals surface area contributed by atoms with Crippen molar-refractivity contribution in [2.24, 2.45) is 0 Å². The van der Waals surface area contributed by atoms with Crippen molar-refractivity contribution in [3.8, 4) is 17.0 Å². The minimum atomic E-state index is -1.07. The van der Waals surface area contributed by atoms with Crippen LogP contribution in [0.5, 0.6) is 5.88 Å². The molecule has 4 nitrogen and oxygen atoms in total. The zero-order valence-corrected chi connectivity index (χ0v) is 11.2. The second-order valence-electron chi connectivity index (χ2n) is 4.05. The molecule has 0 radical (unpaired) electrons. The summed E-state index contributed by atoms with van der Waals surface area (Å²) in [6, 6.07) is 6.97. The molecule has 0 saturated carbocycles. The number of methoxy groups -OCH3 is 1. The Balaban J connectivity index is 2.57. The van der Waals surface area contributed by atoms with Crippen molar-refractivity contribution in [2.75, 3.05) is 7.11 Å². The van der Waals surface area contributed by atoms with E-state index in [0.717, 1.165) is 11.1 Å². The van der Waals surface area contributed by atoms with E-state index < -0.39 is 5.97 Å². The molecule has 2 rings (SSSR count). The molecule has 0 aliphatic heterocycles. The standard InChI is InChI=1S/C14H12ClNO3/c1-8-5-10(15)3-4-11(8)9-6-12(14(17)18)13(19-2)16-7-9/h3-7H,1-2H3,(H,17,18). The molecule has 1 N–H and O–H groups in total. The monoisotopic (exact) mass is 277 g/mol. The number of hydrogen-bond acceptors (Lipinski definition) is 3. The maximum atomic E-state index is 11.2. The Morgan fingerprint density at radius 2 is 2.11 bits per heavy atom. The fraction of sp³-hybridized carbons (Fsp3) is 0.143. The number of aromatic carboxylic acids is 1. The van der Waals surface area contributed by atoms with E-state index in [9.17, 15) is 4.79 Å². The van der Waals surface area contributed by atoms with E-state index in [2.05, 4.69) is 4.98 Å². The van der Waals surface area contributed by atoms with Crippen LogP contribution in [0.4, 0.5) is 0 Å². The number of benzene rings is 1. The third kappa shape index (κ3) is 2.69. The highest BCUT2D eigenvalue weighted by Crippen LogP contribution is 2.28. The number of carboxylic acid groups (broad SMARTS) is 1. The molecule has 1 heterocycles. The normalized spacial score (nSPS) is 10.3. The lowest BCUT2D eigenvalue weighted by atomic mass is 10.0. The number of aromatic nitrogens is 1. The molecule has 1 aromatic carbocycles. The van der Waals surface area contributed by atoms with Gasteiger partial charge in [-0.1, -0.05) is 17.7 Å². The van der Waals surface area contributed by atoms with Gasteiger partial charge in [0.1, 0.15) is 5.56 Å². The second-order valence-corrected chi connectivity index (χ2v) is 4.48. The van der Waals surface area contributed by atoms with Crippen LogP contribution in [0.3, 0.4) is 0 Å². The van der Waals surface area contributed by atoms with Crippen LogP contribution in [-0.2, 0) is 0 Å². The Kier molecular flexibility index (Phi) is 3.71. The Morgan fingerprint density at radius 1 is 1.37 bits per heavy atom.